The number of fused-ring (bicyclic) bond motifs is 1. The Labute approximate surface area is 128 Å². The molecule has 0 spiro atoms. The summed E-state index contributed by atoms with van der Waals surface area (Å²) in [5.41, 5.74) is 0.795. The first kappa shape index (κ1) is 16.3. The van der Waals surface area contributed by atoms with Crippen LogP contribution in [0.3, 0.4) is 0 Å². The zero-order chi connectivity index (χ0) is 15.9. The van der Waals surface area contributed by atoms with Crippen LogP contribution >= 0.6 is 11.6 Å². The minimum absolute atomic E-state index is 0.00760. The number of halogens is 1. The van der Waals surface area contributed by atoms with E-state index in [9.17, 15) is 18.3 Å². The predicted octanol–water partition coefficient (Wildman–Crippen LogP) is 2.99. The molecule has 1 aromatic carbocycles. The Morgan fingerprint density at radius 1 is 1.48 bits per heavy atom. The maximum absolute atomic E-state index is 12.3. The van der Waals surface area contributed by atoms with Gasteiger partial charge in [0.2, 0.25) is 0 Å². The zero-order valence-corrected chi connectivity index (χ0v) is 13.6. The van der Waals surface area contributed by atoms with Crippen molar-refractivity contribution >= 4 is 27.4 Å². The first-order valence-corrected chi connectivity index (χ1v) is 8.62. The fraction of sp³-hybridized carbons (Fsp3) is 0.500. The molecule has 1 N–H and O–H groups in total. The summed E-state index contributed by atoms with van der Waals surface area (Å²) in [4.78, 5) is 11.3. The Hall–Kier alpha value is -1.11. The third-order valence-corrected chi connectivity index (χ3v) is 5.73. The van der Waals surface area contributed by atoms with Gasteiger partial charge in [-0.1, -0.05) is 11.6 Å². The van der Waals surface area contributed by atoms with E-state index < -0.39 is 21.9 Å². The molecule has 0 radical (unpaired) electrons. The van der Waals surface area contributed by atoms with Crippen LogP contribution in [0.5, 0.6) is 0 Å². The van der Waals surface area contributed by atoms with Gasteiger partial charge in [-0.2, -0.15) is 0 Å². The van der Waals surface area contributed by atoms with Gasteiger partial charge in [-0.3, -0.25) is 0 Å². The van der Waals surface area contributed by atoms with Gasteiger partial charge in [-0.15, -0.1) is 0 Å². The Morgan fingerprint density at radius 3 is 2.62 bits per heavy atom. The monoisotopic (exact) mass is 332 g/mol. The van der Waals surface area contributed by atoms with Crippen LogP contribution in [0.4, 0.5) is 0 Å². The Bertz CT molecular complexity index is 694. The summed E-state index contributed by atoms with van der Waals surface area (Å²) >= 11 is 6.05. The standard InChI is InChI=1S/C14H17ClO5S/c1-7(2)20-11-4-5-21(18,19)13-10(15)6-9(14(16)17)8(3)12(11)13/h6-7,11H,4-5H2,1-3H3,(H,16,17). The smallest absolute Gasteiger partial charge is 0.336 e. The van der Waals surface area contributed by atoms with Crippen LogP contribution in [0, 0.1) is 6.92 Å². The molecule has 0 amide bonds. The molecule has 1 aromatic rings. The van der Waals surface area contributed by atoms with Crippen LogP contribution in [-0.2, 0) is 14.6 Å². The second-order valence-electron chi connectivity index (χ2n) is 5.36. The largest absolute Gasteiger partial charge is 0.478 e. The van der Waals surface area contributed by atoms with Crippen molar-refractivity contribution in [2.75, 3.05) is 5.75 Å². The minimum atomic E-state index is -3.51. The van der Waals surface area contributed by atoms with Crippen molar-refractivity contribution in [1.82, 2.24) is 0 Å². The van der Waals surface area contributed by atoms with E-state index in [2.05, 4.69) is 0 Å². The number of benzene rings is 1. The zero-order valence-electron chi connectivity index (χ0n) is 12.0. The van der Waals surface area contributed by atoms with Crippen LogP contribution < -0.4 is 0 Å². The summed E-state index contributed by atoms with van der Waals surface area (Å²) in [6.45, 7) is 5.29. The number of aromatic carboxylic acids is 1. The average Bonchev–Trinajstić information content (AvgIpc) is 2.34. The summed E-state index contributed by atoms with van der Waals surface area (Å²) in [7, 11) is -3.51. The van der Waals surface area contributed by atoms with E-state index in [-0.39, 0.29) is 27.3 Å². The lowest BCUT2D eigenvalue weighted by atomic mass is 9.96. The molecule has 1 heterocycles. The van der Waals surface area contributed by atoms with Crippen molar-refractivity contribution in [3.63, 3.8) is 0 Å². The highest BCUT2D eigenvalue weighted by Gasteiger charge is 2.36. The second-order valence-corrected chi connectivity index (χ2v) is 7.81. The van der Waals surface area contributed by atoms with Crippen LogP contribution in [0.25, 0.3) is 0 Å². The van der Waals surface area contributed by atoms with Gasteiger partial charge in [0, 0.05) is 5.56 Å². The quantitative estimate of drug-likeness (QED) is 0.920. The van der Waals surface area contributed by atoms with Gasteiger partial charge in [-0.05, 0) is 38.8 Å². The van der Waals surface area contributed by atoms with Crippen molar-refractivity contribution in [3.05, 3.63) is 27.8 Å². The molecule has 7 heteroatoms. The molecular formula is C14H17ClO5S. The van der Waals surface area contributed by atoms with E-state index in [1.54, 1.807) is 6.92 Å². The van der Waals surface area contributed by atoms with Gasteiger partial charge in [0.1, 0.15) is 0 Å². The third-order valence-electron chi connectivity index (χ3n) is 3.49. The van der Waals surface area contributed by atoms with Gasteiger partial charge in [0.25, 0.3) is 0 Å². The normalized spacial score (nSPS) is 20.3. The van der Waals surface area contributed by atoms with Gasteiger partial charge in [-0.25, -0.2) is 13.2 Å². The summed E-state index contributed by atoms with van der Waals surface area (Å²) in [6, 6.07) is 1.20. The van der Waals surface area contributed by atoms with E-state index in [1.807, 2.05) is 13.8 Å². The van der Waals surface area contributed by atoms with Crippen molar-refractivity contribution in [3.8, 4) is 0 Å². The molecule has 0 bridgehead atoms. The predicted molar refractivity (Wildman–Crippen MR) is 78.8 cm³/mol. The lowest BCUT2D eigenvalue weighted by Gasteiger charge is -2.30. The molecule has 0 aliphatic carbocycles. The van der Waals surface area contributed by atoms with Crippen LogP contribution in [-0.4, -0.2) is 31.4 Å². The molecule has 0 fully saturated rings. The summed E-state index contributed by atoms with van der Waals surface area (Å²) in [5, 5.41) is 9.19. The highest BCUT2D eigenvalue weighted by Crippen LogP contribution is 2.42. The number of carbonyl (C=O) groups is 1. The van der Waals surface area contributed by atoms with E-state index in [0.29, 0.717) is 17.5 Å². The van der Waals surface area contributed by atoms with E-state index in [4.69, 9.17) is 16.3 Å². The lowest BCUT2D eigenvalue weighted by molar-refractivity contribution is 0.00170. The summed E-state index contributed by atoms with van der Waals surface area (Å²) in [5.74, 6) is -1.19. The molecule has 2 rings (SSSR count). The molecule has 0 saturated heterocycles. The fourth-order valence-corrected chi connectivity index (χ4v) is 4.91. The average molecular weight is 333 g/mol. The summed E-state index contributed by atoms with van der Waals surface area (Å²) < 4.78 is 30.3. The molecule has 1 atom stereocenters. The van der Waals surface area contributed by atoms with E-state index in [0.717, 1.165) is 0 Å². The molecule has 21 heavy (non-hydrogen) atoms. The molecule has 116 valence electrons. The van der Waals surface area contributed by atoms with E-state index in [1.165, 1.54) is 6.07 Å². The van der Waals surface area contributed by atoms with Crippen molar-refractivity contribution < 1.29 is 23.1 Å². The number of carboxylic acid groups (broad SMARTS) is 1. The van der Waals surface area contributed by atoms with Crippen molar-refractivity contribution in [2.45, 2.75) is 44.3 Å². The molecule has 0 saturated carbocycles. The molecule has 1 aliphatic heterocycles. The number of sulfone groups is 1. The molecule has 0 aromatic heterocycles. The van der Waals surface area contributed by atoms with Gasteiger partial charge in [0.15, 0.2) is 9.84 Å². The lowest BCUT2D eigenvalue weighted by Crippen LogP contribution is -2.26. The topological polar surface area (TPSA) is 80.7 Å². The first-order valence-electron chi connectivity index (χ1n) is 6.59. The molecule has 1 aliphatic rings. The van der Waals surface area contributed by atoms with Gasteiger partial charge >= 0.3 is 5.97 Å². The fourth-order valence-electron chi connectivity index (χ4n) is 2.64. The van der Waals surface area contributed by atoms with Gasteiger partial charge < -0.3 is 9.84 Å². The molecule has 5 nitrogen and oxygen atoms in total. The first-order chi connectivity index (χ1) is 9.65. The Kier molecular flexibility index (Phi) is 4.33. The number of ether oxygens (including phenoxy) is 1. The summed E-state index contributed by atoms with van der Waals surface area (Å²) in [6.07, 6.45) is -0.260. The highest BCUT2D eigenvalue weighted by atomic mass is 35.5. The van der Waals surface area contributed by atoms with Gasteiger partial charge in [0.05, 0.1) is 33.4 Å². The van der Waals surface area contributed by atoms with Crippen molar-refractivity contribution in [2.24, 2.45) is 0 Å². The highest BCUT2D eigenvalue weighted by molar-refractivity contribution is 7.91. The van der Waals surface area contributed by atoms with E-state index >= 15 is 0 Å². The number of carboxylic acids is 1. The van der Waals surface area contributed by atoms with Crippen LogP contribution in [0.1, 0.15) is 47.9 Å². The number of hydrogen-bond acceptors (Lipinski definition) is 4. The Balaban J connectivity index is 2.76. The number of rotatable bonds is 3. The SMILES string of the molecule is Cc1c(C(=O)O)cc(Cl)c2c1C(OC(C)C)CCS2(=O)=O. The minimum Gasteiger partial charge on any atom is -0.478 e. The molecular weight excluding hydrogens is 316 g/mol. The third kappa shape index (κ3) is 2.93. The maximum atomic E-state index is 12.3. The maximum Gasteiger partial charge on any atom is 0.336 e. The second kappa shape index (κ2) is 5.59. The van der Waals surface area contributed by atoms with Crippen molar-refractivity contribution in [1.29, 1.82) is 0 Å². The molecule has 1 unspecified atom stereocenters. The Morgan fingerprint density at radius 2 is 2.10 bits per heavy atom. The van der Waals surface area contributed by atoms with Crippen LogP contribution in [0.15, 0.2) is 11.0 Å². The number of hydrogen-bond donors (Lipinski definition) is 1. The van der Waals surface area contributed by atoms with Crippen LogP contribution in [0.2, 0.25) is 5.02 Å².